The van der Waals surface area contributed by atoms with Crippen LogP contribution in [0.2, 0.25) is 0 Å². The third-order valence-corrected chi connectivity index (χ3v) is 6.36. The van der Waals surface area contributed by atoms with Gasteiger partial charge in [-0.15, -0.1) is 0 Å². The fourth-order valence-corrected chi connectivity index (χ4v) is 4.96. The van der Waals surface area contributed by atoms with Gasteiger partial charge in [0.25, 0.3) is 0 Å². The summed E-state index contributed by atoms with van der Waals surface area (Å²) in [6.07, 6.45) is 0. The predicted molar refractivity (Wildman–Crippen MR) is 84.5 cm³/mol. The van der Waals surface area contributed by atoms with Crippen LogP contribution in [0.4, 0.5) is 0 Å². The molecule has 0 aromatic heterocycles. The van der Waals surface area contributed by atoms with E-state index in [0.29, 0.717) is 23.2 Å². The Hall–Kier alpha value is -0.560. The first kappa shape index (κ1) is 15.8. The first-order chi connectivity index (χ1) is 9.54. The Balaban J connectivity index is 2.12. The molecule has 1 aliphatic heterocycles. The van der Waals surface area contributed by atoms with Crippen molar-refractivity contribution in [1.82, 2.24) is 9.62 Å². The van der Waals surface area contributed by atoms with Crippen molar-refractivity contribution in [3.8, 4) is 0 Å². The Morgan fingerprint density at radius 2 is 2.05 bits per heavy atom. The molecule has 0 spiro atoms. The monoisotopic (exact) mass is 314 g/mol. The van der Waals surface area contributed by atoms with Crippen molar-refractivity contribution in [2.75, 3.05) is 25.4 Å². The molecule has 1 saturated heterocycles. The maximum Gasteiger partial charge on any atom is 0.243 e. The van der Waals surface area contributed by atoms with Gasteiger partial charge in [0, 0.05) is 30.6 Å². The predicted octanol–water partition coefficient (Wildman–Crippen LogP) is 1.92. The van der Waals surface area contributed by atoms with Crippen molar-refractivity contribution in [1.29, 1.82) is 0 Å². The van der Waals surface area contributed by atoms with Gasteiger partial charge >= 0.3 is 0 Å². The number of hydrogen-bond acceptors (Lipinski definition) is 4. The highest BCUT2D eigenvalue weighted by Gasteiger charge is 2.28. The summed E-state index contributed by atoms with van der Waals surface area (Å²) in [7, 11) is -3.33. The Bertz CT molecular complexity index is 529. The summed E-state index contributed by atoms with van der Waals surface area (Å²) in [6, 6.07) is 7.21. The van der Waals surface area contributed by atoms with E-state index < -0.39 is 10.0 Å². The summed E-state index contributed by atoms with van der Waals surface area (Å²) in [5.41, 5.74) is 1.10. The van der Waals surface area contributed by atoms with E-state index in [4.69, 9.17) is 0 Å². The summed E-state index contributed by atoms with van der Waals surface area (Å²) in [5, 5.41) is 3.60. The SMILES string of the molecule is CCNCc1ccc(S(=O)(=O)N2CCSC(C)C2)cc1. The van der Waals surface area contributed by atoms with Gasteiger partial charge in [0.2, 0.25) is 10.0 Å². The van der Waals surface area contributed by atoms with Crippen molar-refractivity contribution in [3.05, 3.63) is 29.8 Å². The van der Waals surface area contributed by atoms with Crippen LogP contribution in [0.5, 0.6) is 0 Å². The van der Waals surface area contributed by atoms with Crippen LogP contribution in [0.25, 0.3) is 0 Å². The lowest BCUT2D eigenvalue weighted by Crippen LogP contribution is -2.40. The minimum atomic E-state index is -3.33. The third-order valence-electron chi connectivity index (χ3n) is 3.34. The van der Waals surface area contributed by atoms with Crippen LogP contribution >= 0.6 is 11.8 Å². The molecule has 20 heavy (non-hydrogen) atoms. The number of nitrogens with one attached hydrogen (secondary N) is 1. The van der Waals surface area contributed by atoms with E-state index in [1.54, 1.807) is 16.4 Å². The zero-order valence-electron chi connectivity index (χ0n) is 12.0. The molecule has 1 heterocycles. The number of benzene rings is 1. The lowest BCUT2D eigenvalue weighted by atomic mass is 10.2. The highest BCUT2D eigenvalue weighted by atomic mass is 32.2. The van der Waals surface area contributed by atoms with Crippen molar-refractivity contribution in [2.45, 2.75) is 30.5 Å². The Morgan fingerprint density at radius 1 is 1.35 bits per heavy atom. The van der Waals surface area contributed by atoms with Gasteiger partial charge < -0.3 is 5.32 Å². The molecule has 0 radical (unpaired) electrons. The average Bonchev–Trinajstić information content (AvgIpc) is 2.45. The number of thioether (sulfide) groups is 1. The number of nitrogens with zero attached hydrogens (tertiary/aromatic N) is 1. The molecule has 0 saturated carbocycles. The van der Waals surface area contributed by atoms with Crippen molar-refractivity contribution >= 4 is 21.8 Å². The van der Waals surface area contributed by atoms with Gasteiger partial charge in [0.05, 0.1) is 4.90 Å². The van der Waals surface area contributed by atoms with Gasteiger partial charge in [0.15, 0.2) is 0 Å². The second-order valence-corrected chi connectivity index (χ2v) is 8.45. The van der Waals surface area contributed by atoms with Crippen LogP contribution < -0.4 is 5.32 Å². The highest BCUT2D eigenvalue weighted by Crippen LogP contribution is 2.24. The summed E-state index contributed by atoms with van der Waals surface area (Å²) in [5.74, 6) is 0.874. The summed E-state index contributed by atoms with van der Waals surface area (Å²) in [4.78, 5) is 0.400. The van der Waals surface area contributed by atoms with Crippen LogP contribution in [0.15, 0.2) is 29.2 Å². The molecule has 112 valence electrons. The van der Waals surface area contributed by atoms with Crippen LogP contribution in [0.3, 0.4) is 0 Å². The molecule has 6 heteroatoms. The molecule has 1 aliphatic rings. The average molecular weight is 314 g/mol. The fraction of sp³-hybridized carbons (Fsp3) is 0.571. The normalized spacial score (nSPS) is 21.0. The van der Waals surface area contributed by atoms with Crippen molar-refractivity contribution in [2.24, 2.45) is 0 Å². The van der Waals surface area contributed by atoms with Gasteiger partial charge in [-0.05, 0) is 24.2 Å². The maximum absolute atomic E-state index is 12.6. The van der Waals surface area contributed by atoms with E-state index in [0.717, 1.165) is 24.4 Å². The molecule has 0 amide bonds. The van der Waals surface area contributed by atoms with E-state index in [9.17, 15) is 8.42 Å². The Morgan fingerprint density at radius 3 is 2.65 bits per heavy atom. The molecule has 1 aromatic rings. The second kappa shape index (κ2) is 6.93. The Labute approximate surface area is 126 Å². The first-order valence-corrected chi connectivity index (χ1v) is 9.44. The molecular formula is C14H22N2O2S2. The maximum atomic E-state index is 12.6. The second-order valence-electron chi connectivity index (χ2n) is 4.97. The van der Waals surface area contributed by atoms with Crippen LogP contribution in [0, 0.1) is 0 Å². The topological polar surface area (TPSA) is 49.4 Å². The van der Waals surface area contributed by atoms with Gasteiger partial charge in [0.1, 0.15) is 0 Å². The fourth-order valence-electron chi connectivity index (χ4n) is 2.20. The minimum Gasteiger partial charge on any atom is -0.313 e. The molecule has 2 rings (SSSR count). The molecule has 1 aromatic carbocycles. The first-order valence-electron chi connectivity index (χ1n) is 6.95. The third kappa shape index (κ3) is 3.75. The highest BCUT2D eigenvalue weighted by molar-refractivity contribution is 8.00. The van der Waals surface area contributed by atoms with Gasteiger partial charge in [-0.3, -0.25) is 0 Å². The lowest BCUT2D eigenvalue weighted by Gasteiger charge is -2.29. The van der Waals surface area contributed by atoms with Gasteiger partial charge in [-0.25, -0.2) is 8.42 Å². The van der Waals surface area contributed by atoms with Crippen LogP contribution in [-0.2, 0) is 16.6 Å². The van der Waals surface area contributed by atoms with Crippen LogP contribution in [-0.4, -0.2) is 43.4 Å². The van der Waals surface area contributed by atoms with E-state index in [1.807, 2.05) is 30.8 Å². The smallest absolute Gasteiger partial charge is 0.243 e. The summed E-state index contributed by atoms with van der Waals surface area (Å²) < 4.78 is 26.7. The molecule has 1 fully saturated rings. The molecule has 1 N–H and O–H groups in total. The molecular weight excluding hydrogens is 292 g/mol. The van der Waals surface area contributed by atoms with Crippen molar-refractivity contribution in [3.63, 3.8) is 0 Å². The molecule has 0 aliphatic carbocycles. The summed E-state index contributed by atoms with van der Waals surface area (Å²) in [6.45, 7) is 7.01. The molecule has 1 atom stereocenters. The molecule has 0 bridgehead atoms. The Kier molecular flexibility index (Phi) is 5.49. The van der Waals surface area contributed by atoms with E-state index in [-0.39, 0.29) is 0 Å². The quantitative estimate of drug-likeness (QED) is 0.902. The van der Waals surface area contributed by atoms with Gasteiger partial charge in [-0.2, -0.15) is 16.1 Å². The number of sulfonamides is 1. The number of hydrogen-bond donors (Lipinski definition) is 1. The summed E-state index contributed by atoms with van der Waals surface area (Å²) >= 11 is 1.83. The van der Waals surface area contributed by atoms with E-state index in [2.05, 4.69) is 12.2 Å². The zero-order chi connectivity index (χ0) is 14.6. The lowest BCUT2D eigenvalue weighted by molar-refractivity contribution is 0.424. The standard InChI is InChI=1S/C14H22N2O2S2/c1-3-15-10-13-4-6-14(7-5-13)20(17,18)16-8-9-19-12(2)11-16/h4-7,12,15H,3,8-11H2,1-2H3. The zero-order valence-corrected chi connectivity index (χ0v) is 13.6. The van der Waals surface area contributed by atoms with Crippen LogP contribution in [0.1, 0.15) is 19.4 Å². The van der Waals surface area contributed by atoms with Crippen molar-refractivity contribution < 1.29 is 8.42 Å². The largest absolute Gasteiger partial charge is 0.313 e. The van der Waals surface area contributed by atoms with Gasteiger partial charge in [-0.1, -0.05) is 26.0 Å². The minimum absolute atomic E-state index is 0.367. The van der Waals surface area contributed by atoms with E-state index in [1.165, 1.54) is 0 Å². The van der Waals surface area contributed by atoms with E-state index >= 15 is 0 Å². The number of rotatable bonds is 5. The molecule has 1 unspecified atom stereocenters. The molecule has 4 nitrogen and oxygen atoms in total.